The van der Waals surface area contributed by atoms with E-state index < -0.39 is 5.97 Å². The van der Waals surface area contributed by atoms with Crippen LogP contribution in [-0.2, 0) is 19.4 Å². The molecular weight excluding hydrogens is 376 g/mol. The van der Waals surface area contributed by atoms with Gasteiger partial charge in [0.15, 0.2) is 0 Å². The molecular formula is C26H50O4. The van der Waals surface area contributed by atoms with Crippen LogP contribution in [0.5, 0.6) is 0 Å². The second-order valence-electron chi connectivity index (χ2n) is 8.83. The molecule has 0 aliphatic rings. The maximum Gasteiger partial charge on any atom is 0.358 e. The Kier molecular flexibility index (Phi) is 21.8. The van der Waals surface area contributed by atoms with Gasteiger partial charge in [0.1, 0.15) is 0 Å². The van der Waals surface area contributed by atoms with Crippen LogP contribution in [0.3, 0.4) is 0 Å². The van der Waals surface area contributed by atoms with E-state index in [0.29, 0.717) is 6.42 Å². The number of hydrogen-bond acceptors (Lipinski definition) is 4. The van der Waals surface area contributed by atoms with E-state index in [2.05, 4.69) is 20.8 Å². The molecule has 0 heterocycles. The van der Waals surface area contributed by atoms with Crippen molar-refractivity contribution in [1.82, 2.24) is 0 Å². The van der Waals surface area contributed by atoms with Crippen LogP contribution < -0.4 is 0 Å². The zero-order valence-corrected chi connectivity index (χ0v) is 20.4. The average molecular weight is 427 g/mol. The van der Waals surface area contributed by atoms with Crippen LogP contribution in [0, 0.1) is 5.92 Å². The Balaban J connectivity index is 4.06. The molecule has 0 aliphatic heterocycles. The summed E-state index contributed by atoms with van der Waals surface area (Å²) in [7, 11) is 0. The Morgan fingerprint density at radius 1 is 0.533 bits per heavy atom. The normalized spacial score (nSPS) is 12.0. The molecule has 0 saturated carbocycles. The van der Waals surface area contributed by atoms with Gasteiger partial charge in [-0.3, -0.25) is 0 Å². The fourth-order valence-corrected chi connectivity index (χ4v) is 3.79. The largest absolute Gasteiger partial charge is 0.358 e. The van der Waals surface area contributed by atoms with Gasteiger partial charge in [-0.2, -0.15) is 0 Å². The van der Waals surface area contributed by atoms with Crippen molar-refractivity contribution in [2.75, 3.05) is 0 Å². The minimum Gasteiger partial charge on any atom is -0.247 e. The Labute approximate surface area is 186 Å². The fourth-order valence-electron chi connectivity index (χ4n) is 3.79. The zero-order valence-electron chi connectivity index (χ0n) is 20.4. The van der Waals surface area contributed by atoms with Crippen molar-refractivity contribution >= 4 is 11.9 Å². The molecule has 0 aromatic carbocycles. The number of carbonyl (C=O) groups is 2. The van der Waals surface area contributed by atoms with E-state index in [4.69, 9.17) is 9.78 Å². The lowest BCUT2D eigenvalue weighted by atomic mass is 9.94. The van der Waals surface area contributed by atoms with Gasteiger partial charge >= 0.3 is 11.9 Å². The van der Waals surface area contributed by atoms with Gasteiger partial charge in [0.25, 0.3) is 0 Å². The molecule has 30 heavy (non-hydrogen) atoms. The van der Waals surface area contributed by atoms with Gasteiger partial charge in [-0.05, 0) is 19.3 Å². The SMILES string of the molecule is CCCCCCCCCC(=O)OOC(=O)C(CCCCCC)CCCCCCCC. The molecule has 4 nitrogen and oxygen atoms in total. The van der Waals surface area contributed by atoms with Gasteiger partial charge in [-0.15, -0.1) is 0 Å². The predicted molar refractivity (Wildman–Crippen MR) is 125 cm³/mol. The van der Waals surface area contributed by atoms with E-state index in [1.807, 2.05) is 0 Å². The first-order chi connectivity index (χ1) is 14.7. The number of rotatable bonds is 21. The third kappa shape index (κ3) is 18.9. The molecule has 0 rings (SSSR count). The number of unbranched alkanes of at least 4 members (excludes halogenated alkanes) is 14. The lowest BCUT2D eigenvalue weighted by Crippen LogP contribution is -2.20. The van der Waals surface area contributed by atoms with Crippen LogP contribution in [0.2, 0.25) is 0 Å². The maximum absolute atomic E-state index is 12.5. The van der Waals surface area contributed by atoms with Crippen molar-refractivity contribution in [2.45, 2.75) is 149 Å². The molecule has 0 radical (unpaired) electrons. The van der Waals surface area contributed by atoms with Gasteiger partial charge in [-0.25, -0.2) is 19.4 Å². The summed E-state index contributed by atoms with van der Waals surface area (Å²) in [4.78, 5) is 34.1. The molecule has 0 fully saturated rings. The van der Waals surface area contributed by atoms with Gasteiger partial charge in [0, 0.05) is 0 Å². The standard InChI is InChI=1S/C26H50O4/c1-4-7-10-13-15-17-20-23-25(27)29-30-26(28)24(21-18-12-9-6-3)22-19-16-14-11-8-5-2/h24H,4-23H2,1-3H3. The predicted octanol–water partition coefficient (Wildman–Crippen LogP) is 8.47. The van der Waals surface area contributed by atoms with Crippen molar-refractivity contribution in [1.29, 1.82) is 0 Å². The molecule has 0 aliphatic carbocycles. The molecule has 178 valence electrons. The summed E-state index contributed by atoms with van der Waals surface area (Å²) < 4.78 is 0. The molecule has 0 N–H and O–H groups in total. The second-order valence-corrected chi connectivity index (χ2v) is 8.83. The Morgan fingerprint density at radius 2 is 0.933 bits per heavy atom. The topological polar surface area (TPSA) is 52.6 Å². The van der Waals surface area contributed by atoms with E-state index in [-0.39, 0.29) is 11.9 Å². The summed E-state index contributed by atoms with van der Waals surface area (Å²) in [5.74, 6) is -0.909. The third-order valence-electron chi connectivity index (χ3n) is 5.85. The van der Waals surface area contributed by atoms with Gasteiger partial charge in [0.05, 0.1) is 12.3 Å². The lowest BCUT2D eigenvalue weighted by molar-refractivity contribution is -0.262. The van der Waals surface area contributed by atoms with E-state index in [1.165, 1.54) is 64.2 Å². The van der Waals surface area contributed by atoms with Crippen molar-refractivity contribution in [3.05, 3.63) is 0 Å². The molecule has 1 atom stereocenters. The highest BCUT2D eigenvalue weighted by Gasteiger charge is 2.22. The van der Waals surface area contributed by atoms with E-state index in [0.717, 1.165) is 57.8 Å². The van der Waals surface area contributed by atoms with Crippen molar-refractivity contribution < 1.29 is 19.4 Å². The van der Waals surface area contributed by atoms with Crippen LogP contribution in [-0.4, -0.2) is 11.9 Å². The maximum atomic E-state index is 12.5. The van der Waals surface area contributed by atoms with Gasteiger partial charge in [0.2, 0.25) is 0 Å². The highest BCUT2D eigenvalue weighted by atomic mass is 17.2. The summed E-state index contributed by atoms with van der Waals surface area (Å²) in [5.41, 5.74) is 0. The van der Waals surface area contributed by atoms with Gasteiger partial charge < -0.3 is 0 Å². The third-order valence-corrected chi connectivity index (χ3v) is 5.85. The summed E-state index contributed by atoms with van der Waals surface area (Å²) in [6.45, 7) is 6.62. The van der Waals surface area contributed by atoms with E-state index in [1.54, 1.807) is 0 Å². The van der Waals surface area contributed by atoms with Gasteiger partial charge in [-0.1, -0.05) is 124 Å². The number of carbonyl (C=O) groups excluding carboxylic acids is 2. The minimum atomic E-state index is -0.416. The summed E-state index contributed by atoms with van der Waals surface area (Å²) >= 11 is 0. The molecule has 0 amide bonds. The Bertz CT molecular complexity index is 394. The Morgan fingerprint density at radius 3 is 1.43 bits per heavy atom. The molecule has 1 unspecified atom stereocenters. The lowest BCUT2D eigenvalue weighted by Gasteiger charge is -2.14. The van der Waals surface area contributed by atoms with Crippen molar-refractivity contribution in [2.24, 2.45) is 5.92 Å². The highest BCUT2D eigenvalue weighted by Crippen LogP contribution is 2.20. The summed E-state index contributed by atoms with van der Waals surface area (Å²) in [6, 6.07) is 0. The number of hydrogen-bond donors (Lipinski definition) is 0. The van der Waals surface area contributed by atoms with E-state index >= 15 is 0 Å². The molecule has 0 aromatic rings. The highest BCUT2D eigenvalue weighted by molar-refractivity contribution is 5.74. The van der Waals surface area contributed by atoms with Crippen molar-refractivity contribution in [3.8, 4) is 0 Å². The molecule has 0 spiro atoms. The first-order valence-corrected chi connectivity index (χ1v) is 13.1. The Hall–Kier alpha value is -1.06. The average Bonchev–Trinajstić information content (AvgIpc) is 2.75. The van der Waals surface area contributed by atoms with E-state index in [9.17, 15) is 9.59 Å². The van der Waals surface area contributed by atoms with Crippen LogP contribution >= 0.6 is 0 Å². The van der Waals surface area contributed by atoms with Crippen molar-refractivity contribution in [3.63, 3.8) is 0 Å². The molecule has 0 aromatic heterocycles. The zero-order chi connectivity index (χ0) is 22.3. The van der Waals surface area contributed by atoms with Crippen LogP contribution in [0.25, 0.3) is 0 Å². The molecule has 4 heteroatoms. The first-order valence-electron chi connectivity index (χ1n) is 13.1. The minimum absolute atomic E-state index is 0.139. The fraction of sp³-hybridized carbons (Fsp3) is 0.923. The van der Waals surface area contributed by atoms with Crippen LogP contribution in [0.1, 0.15) is 149 Å². The summed E-state index contributed by atoms with van der Waals surface area (Å²) in [5, 5.41) is 0. The molecule has 0 bridgehead atoms. The molecule has 0 saturated heterocycles. The van der Waals surface area contributed by atoms with Crippen LogP contribution in [0.4, 0.5) is 0 Å². The van der Waals surface area contributed by atoms with Crippen LogP contribution in [0.15, 0.2) is 0 Å². The second kappa shape index (κ2) is 22.6. The monoisotopic (exact) mass is 426 g/mol. The summed E-state index contributed by atoms with van der Waals surface area (Å²) in [6.07, 6.45) is 21.9. The quantitative estimate of drug-likeness (QED) is 0.105. The smallest absolute Gasteiger partial charge is 0.247 e. The first kappa shape index (κ1) is 28.9.